The second kappa shape index (κ2) is 8.19. The van der Waals surface area contributed by atoms with E-state index in [0.717, 1.165) is 5.56 Å². The van der Waals surface area contributed by atoms with E-state index < -0.39 is 4.92 Å². The third-order valence-electron chi connectivity index (χ3n) is 2.67. The summed E-state index contributed by atoms with van der Waals surface area (Å²) in [5.41, 5.74) is 0.805. The Morgan fingerprint density at radius 2 is 1.95 bits per heavy atom. The number of nitro benzene ring substituents is 1. The Labute approximate surface area is 122 Å². The molecule has 0 saturated carbocycles. The number of ether oxygens (including phenoxy) is 1. The Balaban J connectivity index is 2.94. The second-order valence-electron chi connectivity index (χ2n) is 3.91. The first kappa shape index (κ1) is 16.0. The number of non-ortho nitro benzene ring substituents is 1. The number of benzene rings is 1. The number of nitrogens with zero attached hydrogens (tertiary/aromatic N) is 2. The summed E-state index contributed by atoms with van der Waals surface area (Å²) >= 11 is 11.5. The van der Waals surface area contributed by atoms with E-state index >= 15 is 0 Å². The van der Waals surface area contributed by atoms with Crippen LogP contribution in [0.3, 0.4) is 0 Å². The number of alkyl halides is 2. The van der Waals surface area contributed by atoms with Gasteiger partial charge in [-0.05, 0) is 6.07 Å². The highest BCUT2D eigenvalue weighted by Crippen LogP contribution is 2.25. The smallest absolute Gasteiger partial charge is 0.270 e. The minimum atomic E-state index is -0.420. The maximum atomic E-state index is 10.8. The van der Waals surface area contributed by atoms with Crippen LogP contribution in [0.4, 0.5) is 5.69 Å². The molecular weight excluding hydrogens is 291 g/mol. The maximum Gasteiger partial charge on any atom is 0.270 e. The lowest BCUT2D eigenvalue weighted by Crippen LogP contribution is -2.27. The highest BCUT2D eigenvalue weighted by Gasteiger charge is 2.14. The van der Waals surface area contributed by atoms with Gasteiger partial charge in [-0.25, -0.2) is 0 Å². The first-order valence-corrected chi connectivity index (χ1v) is 6.84. The molecule has 0 fully saturated rings. The number of hydrogen-bond acceptors (Lipinski definition) is 4. The summed E-state index contributed by atoms with van der Waals surface area (Å²) in [5.74, 6) is 1.59. The Bertz CT molecular complexity index is 423. The highest BCUT2D eigenvalue weighted by molar-refractivity contribution is 6.18. The summed E-state index contributed by atoms with van der Waals surface area (Å²) in [4.78, 5) is 12.4. The van der Waals surface area contributed by atoms with Gasteiger partial charge < -0.3 is 4.74 Å². The lowest BCUT2D eigenvalue weighted by Gasteiger charge is -2.21. The average Bonchev–Trinajstić information content (AvgIpc) is 2.39. The quantitative estimate of drug-likeness (QED) is 0.421. The molecule has 1 aromatic rings. The largest absolute Gasteiger partial charge is 0.496 e. The van der Waals surface area contributed by atoms with E-state index in [1.54, 1.807) is 6.07 Å². The third-order valence-corrected chi connectivity index (χ3v) is 3.01. The number of rotatable bonds is 8. The van der Waals surface area contributed by atoms with Crippen LogP contribution in [0.2, 0.25) is 0 Å². The number of methoxy groups -OCH3 is 1. The number of nitro groups is 1. The normalized spacial score (nSPS) is 10.7. The predicted octanol–water partition coefficient (Wildman–Crippen LogP) is 2.88. The monoisotopic (exact) mass is 306 g/mol. The average molecular weight is 307 g/mol. The van der Waals surface area contributed by atoms with E-state index in [0.29, 0.717) is 37.1 Å². The fourth-order valence-corrected chi connectivity index (χ4v) is 2.23. The summed E-state index contributed by atoms with van der Waals surface area (Å²) < 4.78 is 5.22. The Morgan fingerprint density at radius 3 is 2.42 bits per heavy atom. The molecule has 106 valence electrons. The van der Waals surface area contributed by atoms with Crippen LogP contribution < -0.4 is 4.74 Å². The highest BCUT2D eigenvalue weighted by atomic mass is 35.5. The van der Waals surface area contributed by atoms with Gasteiger partial charge in [-0.2, -0.15) is 0 Å². The maximum absolute atomic E-state index is 10.8. The molecule has 0 spiro atoms. The van der Waals surface area contributed by atoms with E-state index in [1.807, 2.05) is 4.90 Å². The first-order chi connectivity index (χ1) is 9.12. The molecule has 0 aromatic heterocycles. The molecule has 0 radical (unpaired) electrons. The van der Waals surface area contributed by atoms with Gasteiger partial charge >= 0.3 is 0 Å². The van der Waals surface area contributed by atoms with E-state index in [2.05, 4.69) is 0 Å². The molecule has 0 aliphatic rings. The van der Waals surface area contributed by atoms with Gasteiger partial charge in [0.1, 0.15) is 5.75 Å². The standard InChI is InChI=1S/C12H16Cl2N2O3/c1-19-12-3-2-11(16(17)18)8-10(12)9-15(6-4-13)7-5-14/h2-3,8H,4-7,9H2,1H3. The molecule has 0 heterocycles. The van der Waals surface area contributed by atoms with Crippen molar-refractivity contribution in [2.75, 3.05) is 32.0 Å². The minimum Gasteiger partial charge on any atom is -0.496 e. The van der Waals surface area contributed by atoms with Crippen molar-refractivity contribution in [2.24, 2.45) is 0 Å². The van der Waals surface area contributed by atoms with Gasteiger partial charge in [0.15, 0.2) is 0 Å². The molecule has 0 amide bonds. The van der Waals surface area contributed by atoms with Crippen molar-refractivity contribution in [1.29, 1.82) is 0 Å². The summed E-state index contributed by atoms with van der Waals surface area (Å²) in [5, 5.41) is 10.8. The fraction of sp³-hybridized carbons (Fsp3) is 0.500. The van der Waals surface area contributed by atoms with Gasteiger partial charge in [0, 0.05) is 49.1 Å². The van der Waals surface area contributed by atoms with Crippen LogP contribution in [-0.4, -0.2) is 41.8 Å². The molecule has 1 rings (SSSR count). The van der Waals surface area contributed by atoms with Gasteiger partial charge in [-0.15, -0.1) is 23.2 Å². The van der Waals surface area contributed by atoms with Gasteiger partial charge in [0.05, 0.1) is 12.0 Å². The van der Waals surface area contributed by atoms with Crippen molar-refractivity contribution in [3.05, 3.63) is 33.9 Å². The molecule has 0 unspecified atom stereocenters. The van der Waals surface area contributed by atoms with Crippen molar-refractivity contribution >= 4 is 28.9 Å². The first-order valence-electron chi connectivity index (χ1n) is 5.78. The molecule has 5 nitrogen and oxygen atoms in total. The van der Waals surface area contributed by atoms with Gasteiger partial charge in [0.25, 0.3) is 5.69 Å². The zero-order chi connectivity index (χ0) is 14.3. The van der Waals surface area contributed by atoms with Crippen molar-refractivity contribution in [2.45, 2.75) is 6.54 Å². The Morgan fingerprint density at radius 1 is 1.32 bits per heavy atom. The van der Waals surface area contributed by atoms with Crippen molar-refractivity contribution in [3.63, 3.8) is 0 Å². The Kier molecular flexibility index (Phi) is 6.91. The lowest BCUT2D eigenvalue weighted by atomic mass is 10.1. The van der Waals surface area contributed by atoms with Crippen LogP contribution in [0, 0.1) is 10.1 Å². The van der Waals surface area contributed by atoms with E-state index in [1.165, 1.54) is 19.2 Å². The van der Waals surface area contributed by atoms with Crippen LogP contribution in [0.25, 0.3) is 0 Å². The number of halogens is 2. The molecule has 19 heavy (non-hydrogen) atoms. The van der Waals surface area contributed by atoms with Crippen LogP contribution in [0.1, 0.15) is 5.56 Å². The molecule has 0 atom stereocenters. The molecule has 1 aromatic carbocycles. The van der Waals surface area contributed by atoms with E-state index in [-0.39, 0.29) is 5.69 Å². The van der Waals surface area contributed by atoms with Crippen LogP contribution in [-0.2, 0) is 6.54 Å². The van der Waals surface area contributed by atoms with Crippen molar-refractivity contribution in [3.8, 4) is 5.75 Å². The summed E-state index contributed by atoms with van der Waals surface area (Å²) in [7, 11) is 1.54. The van der Waals surface area contributed by atoms with Crippen LogP contribution in [0.15, 0.2) is 18.2 Å². The van der Waals surface area contributed by atoms with Crippen LogP contribution in [0.5, 0.6) is 5.75 Å². The summed E-state index contributed by atoms with van der Waals surface area (Å²) in [6.45, 7) is 1.85. The molecule has 7 heteroatoms. The Hall–Kier alpha value is -1.04. The van der Waals surface area contributed by atoms with E-state index in [4.69, 9.17) is 27.9 Å². The van der Waals surface area contributed by atoms with E-state index in [9.17, 15) is 10.1 Å². The number of hydrogen-bond donors (Lipinski definition) is 0. The second-order valence-corrected chi connectivity index (χ2v) is 4.66. The predicted molar refractivity (Wildman–Crippen MR) is 76.4 cm³/mol. The molecule has 0 N–H and O–H groups in total. The lowest BCUT2D eigenvalue weighted by molar-refractivity contribution is -0.384. The third kappa shape index (κ3) is 4.86. The molecule has 0 saturated heterocycles. The zero-order valence-electron chi connectivity index (χ0n) is 10.6. The topological polar surface area (TPSA) is 55.6 Å². The zero-order valence-corrected chi connectivity index (χ0v) is 12.2. The van der Waals surface area contributed by atoms with Gasteiger partial charge in [-0.1, -0.05) is 0 Å². The van der Waals surface area contributed by atoms with Crippen molar-refractivity contribution in [1.82, 2.24) is 4.90 Å². The molecular formula is C12H16Cl2N2O3. The van der Waals surface area contributed by atoms with Gasteiger partial charge in [-0.3, -0.25) is 15.0 Å². The van der Waals surface area contributed by atoms with Crippen LogP contribution >= 0.6 is 23.2 Å². The van der Waals surface area contributed by atoms with Crippen molar-refractivity contribution < 1.29 is 9.66 Å². The van der Waals surface area contributed by atoms with Gasteiger partial charge in [0.2, 0.25) is 0 Å². The fourth-order valence-electron chi connectivity index (χ4n) is 1.75. The molecule has 0 aliphatic carbocycles. The molecule has 0 aliphatic heterocycles. The molecule has 0 bridgehead atoms. The summed E-state index contributed by atoms with van der Waals surface area (Å²) in [6, 6.07) is 4.55. The summed E-state index contributed by atoms with van der Waals surface area (Å²) in [6.07, 6.45) is 0. The SMILES string of the molecule is COc1ccc([N+](=O)[O-])cc1CN(CCCl)CCCl. The minimum absolute atomic E-state index is 0.0486.